The highest BCUT2D eigenvalue weighted by atomic mass is 32.2. The Kier molecular flexibility index (Phi) is 7.48. The van der Waals surface area contributed by atoms with E-state index < -0.39 is 0 Å². The van der Waals surface area contributed by atoms with Crippen molar-refractivity contribution >= 4 is 44.4 Å². The van der Waals surface area contributed by atoms with Crippen LogP contribution in [0.3, 0.4) is 0 Å². The molecule has 31 heavy (non-hydrogen) atoms. The molecule has 2 heterocycles. The molecular formula is C24H30N4OS2. The summed E-state index contributed by atoms with van der Waals surface area (Å²) in [4.78, 5) is 23.1. The zero-order valence-electron chi connectivity index (χ0n) is 18.3. The number of aromatic nitrogens is 1. The Morgan fingerprint density at radius 1 is 1.06 bits per heavy atom. The topological polar surface area (TPSA) is 48.5 Å². The summed E-state index contributed by atoms with van der Waals surface area (Å²) < 4.78 is 1.31. The van der Waals surface area contributed by atoms with E-state index in [9.17, 15) is 4.79 Å². The summed E-state index contributed by atoms with van der Waals surface area (Å²) in [5.41, 5.74) is 3.70. The SMILES string of the molecule is Cc1ccc(C)c2sc(N3CCN(CCNC(=O)CCSc4ccccc4)CC3)nc12. The predicted octanol–water partition coefficient (Wildman–Crippen LogP) is 4.33. The lowest BCUT2D eigenvalue weighted by molar-refractivity contribution is -0.120. The van der Waals surface area contributed by atoms with Gasteiger partial charge in [-0.05, 0) is 37.1 Å². The first-order valence-electron chi connectivity index (χ1n) is 10.9. The molecule has 164 valence electrons. The Morgan fingerprint density at radius 3 is 2.55 bits per heavy atom. The maximum atomic E-state index is 12.1. The zero-order valence-corrected chi connectivity index (χ0v) is 19.9. The third-order valence-corrected chi connectivity index (χ3v) is 7.93. The summed E-state index contributed by atoms with van der Waals surface area (Å²) in [5.74, 6) is 0.956. The third-order valence-electron chi connectivity index (χ3n) is 5.66. The third kappa shape index (κ3) is 5.79. The highest BCUT2D eigenvalue weighted by Crippen LogP contribution is 2.33. The molecule has 1 N–H and O–H groups in total. The van der Waals surface area contributed by atoms with Crippen molar-refractivity contribution in [1.82, 2.24) is 15.2 Å². The number of benzene rings is 2. The van der Waals surface area contributed by atoms with Crippen molar-refractivity contribution in [3.05, 3.63) is 53.6 Å². The first-order chi connectivity index (χ1) is 15.1. The Labute approximate surface area is 192 Å². The Morgan fingerprint density at radius 2 is 1.81 bits per heavy atom. The van der Waals surface area contributed by atoms with Crippen LogP contribution >= 0.6 is 23.1 Å². The van der Waals surface area contributed by atoms with Gasteiger partial charge in [0, 0.05) is 56.3 Å². The van der Waals surface area contributed by atoms with Gasteiger partial charge in [0.25, 0.3) is 0 Å². The fourth-order valence-electron chi connectivity index (χ4n) is 3.77. The molecule has 1 aliphatic heterocycles. The van der Waals surface area contributed by atoms with E-state index in [1.165, 1.54) is 20.7 Å². The maximum absolute atomic E-state index is 12.1. The Hall–Kier alpha value is -2.09. The number of amides is 1. The second-order valence-electron chi connectivity index (χ2n) is 7.96. The first kappa shape index (κ1) is 22.1. The van der Waals surface area contributed by atoms with E-state index in [2.05, 4.69) is 53.2 Å². The molecule has 1 aromatic heterocycles. The predicted molar refractivity (Wildman–Crippen MR) is 133 cm³/mol. The van der Waals surface area contributed by atoms with Crippen molar-refractivity contribution < 1.29 is 4.79 Å². The molecule has 0 unspecified atom stereocenters. The molecule has 0 saturated carbocycles. The molecule has 1 fully saturated rings. The number of hydrogen-bond acceptors (Lipinski definition) is 6. The highest BCUT2D eigenvalue weighted by Gasteiger charge is 2.20. The van der Waals surface area contributed by atoms with Gasteiger partial charge in [0.05, 0.1) is 10.2 Å². The fourth-order valence-corrected chi connectivity index (χ4v) is 5.80. The molecule has 0 bridgehead atoms. The minimum atomic E-state index is 0.141. The Bertz CT molecular complexity index is 974. The zero-order chi connectivity index (χ0) is 21.6. The second-order valence-corrected chi connectivity index (χ2v) is 10.1. The van der Waals surface area contributed by atoms with Gasteiger partial charge in [0.15, 0.2) is 5.13 Å². The highest BCUT2D eigenvalue weighted by molar-refractivity contribution is 7.99. The average Bonchev–Trinajstić information content (AvgIpc) is 3.25. The first-order valence-corrected chi connectivity index (χ1v) is 12.7. The van der Waals surface area contributed by atoms with Gasteiger partial charge in [-0.1, -0.05) is 41.7 Å². The molecule has 1 amide bonds. The van der Waals surface area contributed by atoms with E-state index in [0.29, 0.717) is 13.0 Å². The molecule has 1 aliphatic rings. The molecule has 3 aromatic rings. The van der Waals surface area contributed by atoms with Crippen LogP contribution in [0.15, 0.2) is 47.4 Å². The number of nitrogens with zero attached hydrogens (tertiary/aromatic N) is 3. The summed E-state index contributed by atoms with van der Waals surface area (Å²) in [6.07, 6.45) is 0.559. The van der Waals surface area contributed by atoms with Crippen LogP contribution in [-0.4, -0.2) is 60.8 Å². The summed E-state index contributed by atoms with van der Waals surface area (Å²) in [6, 6.07) is 14.6. The van der Waals surface area contributed by atoms with E-state index in [0.717, 1.165) is 49.1 Å². The molecule has 1 saturated heterocycles. The molecule has 2 aromatic carbocycles. The lowest BCUT2D eigenvalue weighted by atomic mass is 10.1. The van der Waals surface area contributed by atoms with Crippen molar-refractivity contribution in [2.24, 2.45) is 0 Å². The number of thiazole rings is 1. The van der Waals surface area contributed by atoms with Crippen LogP contribution in [0.4, 0.5) is 5.13 Å². The summed E-state index contributed by atoms with van der Waals surface area (Å²) in [5, 5.41) is 4.21. The molecule has 0 spiro atoms. The van der Waals surface area contributed by atoms with Crippen molar-refractivity contribution in [2.45, 2.75) is 25.2 Å². The minimum Gasteiger partial charge on any atom is -0.355 e. The number of aryl methyl sites for hydroxylation is 2. The van der Waals surface area contributed by atoms with Crippen LogP contribution in [0.5, 0.6) is 0 Å². The smallest absolute Gasteiger partial charge is 0.220 e. The molecule has 0 aliphatic carbocycles. The standard InChI is InChI=1S/C24H30N4OS2/c1-18-8-9-19(2)23-22(18)26-24(31-23)28-15-13-27(14-16-28)12-11-25-21(29)10-17-30-20-6-4-3-5-7-20/h3-9H,10-17H2,1-2H3,(H,25,29). The number of hydrogen-bond donors (Lipinski definition) is 1. The van der Waals surface area contributed by atoms with E-state index in [1.807, 2.05) is 29.5 Å². The molecular weight excluding hydrogens is 424 g/mol. The molecule has 0 radical (unpaired) electrons. The number of piperazine rings is 1. The quantitative estimate of drug-likeness (QED) is 0.513. The van der Waals surface area contributed by atoms with Gasteiger partial charge in [-0.15, -0.1) is 11.8 Å². The average molecular weight is 455 g/mol. The van der Waals surface area contributed by atoms with E-state index >= 15 is 0 Å². The number of rotatable bonds is 8. The number of thioether (sulfide) groups is 1. The number of carbonyl (C=O) groups is 1. The van der Waals surface area contributed by atoms with E-state index in [1.54, 1.807) is 11.8 Å². The summed E-state index contributed by atoms with van der Waals surface area (Å²) in [6.45, 7) is 9.91. The number of anilines is 1. The molecule has 0 atom stereocenters. The van der Waals surface area contributed by atoms with Crippen LogP contribution in [0.2, 0.25) is 0 Å². The van der Waals surface area contributed by atoms with Crippen molar-refractivity contribution in [1.29, 1.82) is 0 Å². The number of nitrogens with one attached hydrogen (secondary N) is 1. The van der Waals surface area contributed by atoms with E-state index in [4.69, 9.17) is 4.98 Å². The van der Waals surface area contributed by atoms with Gasteiger partial charge in [0.1, 0.15) is 0 Å². The van der Waals surface area contributed by atoms with Gasteiger partial charge in [-0.3, -0.25) is 9.69 Å². The molecule has 4 rings (SSSR count). The monoisotopic (exact) mass is 454 g/mol. The summed E-state index contributed by atoms with van der Waals surface area (Å²) >= 11 is 3.54. The van der Waals surface area contributed by atoms with Crippen molar-refractivity contribution in [3.8, 4) is 0 Å². The largest absolute Gasteiger partial charge is 0.355 e. The number of carbonyl (C=O) groups excluding carboxylic acids is 1. The van der Waals surface area contributed by atoms with Crippen LogP contribution in [0.1, 0.15) is 17.5 Å². The van der Waals surface area contributed by atoms with E-state index in [-0.39, 0.29) is 5.91 Å². The normalized spacial score (nSPS) is 14.8. The van der Waals surface area contributed by atoms with Crippen molar-refractivity contribution in [3.63, 3.8) is 0 Å². The Balaban J connectivity index is 1.16. The van der Waals surface area contributed by atoms with Gasteiger partial charge in [0.2, 0.25) is 5.91 Å². The maximum Gasteiger partial charge on any atom is 0.220 e. The fraction of sp³-hybridized carbons (Fsp3) is 0.417. The van der Waals surface area contributed by atoms with Gasteiger partial charge in [-0.25, -0.2) is 4.98 Å². The van der Waals surface area contributed by atoms with Gasteiger partial charge < -0.3 is 10.2 Å². The second kappa shape index (κ2) is 10.5. The van der Waals surface area contributed by atoms with Gasteiger partial charge >= 0.3 is 0 Å². The lowest BCUT2D eigenvalue weighted by Crippen LogP contribution is -2.48. The van der Waals surface area contributed by atoms with Crippen LogP contribution in [0, 0.1) is 13.8 Å². The van der Waals surface area contributed by atoms with Crippen LogP contribution in [0.25, 0.3) is 10.2 Å². The number of fused-ring (bicyclic) bond motifs is 1. The van der Waals surface area contributed by atoms with Gasteiger partial charge in [-0.2, -0.15) is 0 Å². The summed E-state index contributed by atoms with van der Waals surface area (Å²) in [7, 11) is 0. The molecule has 7 heteroatoms. The minimum absolute atomic E-state index is 0.141. The molecule has 5 nitrogen and oxygen atoms in total. The van der Waals surface area contributed by atoms with Crippen LogP contribution in [-0.2, 0) is 4.79 Å². The van der Waals surface area contributed by atoms with Crippen LogP contribution < -0.4 is 10.2 Å². The van der Waals surface area contributed by atoms with Crippen molar-refractivity contribution in [2.75, 3.05) is 49.9 Å². The lowest BCUT2D eigenvalue weighted by Gasteiger charge is -2.34.